The minimum Gasteiger partial charge on any atom is -0.497 e. The average Bonchev–Trinajstić information content (AvgIpc) is 2.71. The Bertz CT molecular complexity index is 856. The van der Waals surface area contributed by atoms with E-state index in [4.69, 9.17) is 9.47 Å². The van der Waals surface area contributed by atoms with Crippen molar-refractivity contribution in [1.82, 2.24) is 10.2 Å². The van der Waals surface area contributed by atoms with Crippen molar-refractivity contribution in [3.8, 4) is 11.5 Å². The third-order valence-corrected chi connectivity index (χ3v) is 4.96. The summed E-state index contributed by atoms with van der Waals surface area (Å²) < 4.78 is 10.5. The second-order valence-corrected chi connectivity index (χ2v) is 6.74. The second kappa shape index (κ2) is 8.73. The van der Waals surface area contributed by atoms with Crippen LogP contribution in [0.25, 0.3) is 6.08 Å². The van der Waals surface area contributed by atoms with Gasteiger partial charge in [0.15, 0.2) is 0 Å². The van der Waals surface area contributed by atoms with Crippen LogP contribution in [-0.2, 0) is 9.59 Å². The van der Waals surface area contributed by atoms with Gasteiger partial charge in [-0.1, -0.05) is 11.6 Å². The van der Waals surface area contributed by atoms with Gasteiger partial charge in [-0.25, -0.2) is 4.79 Å². The first-order valence-electron chi connectivity index (χ1n) is 9.32. The minimum absolute atomic E-state index is 0.108. The Hall–Kier alpha value is -3.09. The number of imide groups is 2. The highest BCUT2D eigenvalue weighted by molar-refractivity contribution is 6.31. The summed E-state index contributed by atoms with van der Waals surface area (Å²) in [5.41, 5.74) is 1.66. The van der Waals surface area contributed by atoms with E-state index in [2.05, 4.69) is 11.4 Å². The largest absolute Gasteiger partial charge is 0.497 e. The van der Waals surface area contributed by atoms with E-state index in [0.717, 1.165) is 24.2 Å². The third-order valence-electron chi connectivity index (χ3n) is 4.96. The maximum Gasteiger partial charge on any atom is 0.331 e. The number of hydrogen-bond acceptors (Lipinski definition) is 5. The summed E-state index contributed by atoms with van der Waals surface area (Å²) in [5, 5.41) is 2.25. The molecule has 0 aromatic heterocycles. The van der Waals surface area contributed by atoms with E-state index in [9.17, 15) is 14.4 Å². The van der Waals surface area contributed by atoms with Crippen molar-refractivity contribution in [2.45, 2.75) is 32.1 Å². The molecular weight excluding hydrogens is 360 g/mol. The van der Waals surface area contributed by atoms with E-state index in [-0.39, 0.29) is 12.1 Å². The Morgan fingerprint density at radius 3 is 2.64 bits per heavy atom. The molecule has 1 aliphatic carbocycles. The van der Waals surface area contributed by atoms with Gasteiger partial charge in [-0.15, -0.1) is 0 Å². The SMILES string of the molecule is COc1ccc(OC)c(C=C2C(=O)NC(=O)N(CCC3=CCCCC3)C2=O)c1. The molecule has 3 rings (SSSR count). The van der Waals surface area contributed by atoms with Gasteiger partial charge in [0.1, 0.15) is 17.1 Å². The van der Waals surface area contributed by atoms with Crippen LogP contribution >= 0.6 is 0 Å². The first-order chi connectivity index (χ1) is 13.5. The number of allylic oxidation sites excluding steroid dienone is 1. The topological polar surface area (TPSA) is 84.9 Å². The molecule has 1 fully saturated rings. The maximum atomic E-state index is 12.9. The van der Waals surface area contributed by atoms with Crippen molar-refractivity contribution in [2.24, 2.45) is 0 Å². The molecule has 4 amide bonds. The summed E-state index contributed by atoms with van der Waals surface area (Å²) in [5.74, 6) is -0.263. The lowest BCUT2D eigenvalue weighted by Crippen LogP contribution is -2.54. The molecule has 28 heavy (non-hydrogen) atoms. The number of urea groups is 1. The number of barbiturate groups is 1. The number of carbonyl (C=O) groups excluding carboxylic acids is 3. The molecule has 1 aromatic carbocycles. The average molecular weight is 384 g/mol. The van der Waals surface area contributed by atoms with Crippen LogP contribution in [-0.4, -0.2) is 43.5 Å². The molecule has 1 saturated heterocycles. The van der Waals surface area contributed by atoms with Crippen molar-refractivity contribution in [1.29, 1.82) is 0 Å². The number of methoxy groups -OCH3 is 2. The normalized spacial score (nSPS) is 18.8. The zero-order valence-corrected chi connectivity index (χ0v) is 16.1. The Morgan fingerprint density at radius 2 is 1.96 bits per heavy atom. The molecule has 148 valence electrons. The fourth-order valence-corrected chi connectivity index (χ4v) is 3.39. The molecule has 0 saturated carbocycles. The van der Waals surface area contributed by atoms with Crippen LogP contribution in [0.1, 0.15) is 37.7 Å². The summed E-state index contributed by atoms with van der Waals surface area (Å²) in [6.45, 7) is 0.246. The van der Waals surface area contributed by atoms with E-state index in [0.29, 0.717) is 23.5 Å². The smallest absolute Gasteiger partial charge is 0.331 e. The molecule has 0 atom stereocenters. The zero-order chi connectivity index (χ0) is 20.1. The van der Waals surface area contributed by atoms with Crippen molar-refractivity contribution >= 4 is 23.9 Å². The van der Waals surface area contributed by atoms with Gasteiger partial charge in [-0.2, -0.15) is 0 Å². The molecule has 0 radical (unpaired) electrons. The number of nitrogens with zero attached hydrogens (tertiary/aromatic N) is 1. The van der Waals surface area contributed by atoms with Crippen molar-refractivity contribution < 1.29 is 23.9 Å². The fraction of sp³-hybridized carbons (Fsp3) is 0.381. The van der Waals surface area contributed by atoms with Gasteiger partial charge in [0.05, 0.1) is 14.2 Å². The number of carbonyl (C=O) groups is 3. The molecule has 7 nitrogen and oxygen atoms in total. The van der Waals surface area contributed by atoms with E-state index in [1.807, 2.05) is 0 Å². The van der Waals surface area contributed by atoms with Crippen LogP contribution in [0.3, 0.4) is 0 Å². The number of nitrogens with one attached hydrogen (secondary N) is 1. The van der Waals surface area contributed by atoms with Gasteiger partial charge < -0.3 is 9.47 Å². The van der Waals surface area contributed by atoms with Crippen molar-refractivity contribution in [3.05, 3.63) is 41.0 Å². The van der Waals surface area contributed by atoms with Crippen LogP contribution in [0, 0.1) is 0 Å². The number of amides is 4. The van der Waals surface area contributed by atoms with E-state index < -0.39 is 17.8 Å². The summed E-state index contributed by atoms with van der Waals surface area (Å²) in [4.78, 5) is 38.4. The Labute approximate surface area is 164 Å². The molecular formula is C21H24N2O5. The lowest BCUT2D eigenvalue weighted by atomic mass is 9.97. The molecule has 0 spiro atoms. The zero-order valence-electron chi connectivity index (χ0n) is 16.1. The highest BCUT2D eigenvalue weighted by Crippen LogP contribution is 2.27. The molecule has 7 heteroatoms. The van der Waals surface area contributed by atoms with Crippen LogP contribution in [0.15, 0.2) is 35.4 Å². The van der Waals surface area contributed by atoms with Gasteiger partial charge in [-0.3, -0.25) is 19.8 Å². The van der Waals surface area contributed by atoms with Crippen molar-refractivity contribution in [2.75, 3.05) is 20.8 Å². The fourth-order valence-electron chi connectivity index (χ4n) is 3.39. The molecule has 1 N–H and O–H groups in total. The molecule has 1 aromatic rings. The number of hydrogen-bond donors (Lipinski definition) is 1. The van der Waals surface area contributed by atoms with Gasteiger partial charge in [0, 0.05) is 12.1 Å². The standard InChI is InChI=1S/C21H24N2O5/c1-27-16-8-9-18(28-2)15(12-16)13-17-19(24)22-21(26)23(20(17)25)11-10-14-6-4-3-5-7-14/h6,8-9,12-13H,3-5,7,10-11H2,1-2H3,(H,22,24,26). The van der Waals surface area contributed by atoms with E-state index in [1.165, 1.54) is 32.3 Å². The van der Waals surface area contributed by atoms with E-state index >= 15 is 0 Å². The number of rotatable bonds is 6. The molecule has 0 unspecified atom stereocenters. The molecule has 2 aliphatic rings. The van der Waals surface area contributed by atoms with Gasteiger partial charge in [-0.05, 0) is 56.4 Å². The third kappa shape index (κ3) is 4.24. The predicted molar refractivity (Wildman–Crippen MR) is 104 cm³/mol. The van der Waals surface area contributed by atoms with Crippen LogP contribution in [0.4, 0.5) is 4.79 Å². The summed E-state index contributed by atoms with van der Waals surface area (Å²) >= 11 is 0. The first kappa shape index (κ1) is 19.7. The summed E-state index contributed by atoms with van der Waals surface area (Å²) in [6, 6.07) is 4.40. The first-order valence-corrected chi connectivity index (χ1v) is 9.32. The molecule has 1 heterocycles. The Kier molecular flexibility index (Phi) is 6.13. The second-order valence-electron chi connectivity index (χ2n) is 6.74. The van der Waals surface area contributed by atoms with Gasteiger partial charge in [0.25, 0.3) is 11.8 Å². The highest BCUT2D eigenvalue weighted by Gasteiger charge is 2.35. The van der Waals surface area contributed by atoms with Crippen molar-refractivity contribution in [3.63, 3.8) is 0 Å². The quantitative estimate of drug-likeness (QED) is 0.463. The van der Waals surface area contributed by atoms with Crippen LogP contribution in [0.2, 0.25) is 0 Å². The Morgan fingerprint density at radius 1 is 1.14 bits per heavy atom. The monoisotopic (exact) mass is 384 g/mol. The van der Waals surface area contributed by atoms with Gasteiger partial charge in [0.2, 0.25) is 0 Å². The molecule has 1 aliphatic heterocycles. The van der Waals surface area contributed by atoms with Crippen LogP contribution < -0.4 is 14.8 Å². The summed E-state index contributed by atoms with van der Waals surface area (Å²) in [7, 11) is 3.03. The summed E-state index contributed by atoms with van der Waals surface area (Å²) in [6.07, 6.45) is 8.57. The number of ether oxygens (including phenoxy) is 2. The van der Waals surface area contributed by atoms with Gasteiger partial charge >= 0.3 is 6.03 Å². The lowest BCUT2D eigenvalue weighted by molar-refractivity contribution is -0.130. The predicted octanol–water partition coefficient (Wildman–Crippen LogP) is 3.06. The maximum absolute atomic E-state index is 12.9. The minimum atomic E-state index is -0.715. The molecule has 0 bridgehead atoms. The highest BCUT2D eigenvalue weighted by atomic mass is 16.5. The lowest BCUT2D eigenvalue weighted by Gasteiger charge is -2.27. The Balaban J connectivity index is 1.85. The van der Waals surface area contributed by atoms with Crippen LogP contribution in [0.5, 0.6) is 11.5 Å². The van der Waals surface area contributed by atoms with E-state index in [1.54, 1.807) is 18.2 Å². The number of benzene rings is 1.